The number of thioether (sulfide) groups is 1. The summed E-state index contributed by atoms with van der Waals surface area (Å²) in [6.45, 7) is 0.215. The minimum atomic E-state index is -0.895. The average Bonchev–Trinajstić information content (AvgIpc) is 2.37. The van der Waals surface area contributed by atoms with Crippen molar-refractivity contribution in [2.45, 2.75) is 12.8 Å². The van der Waals surface area contributed by atoms with Crippen LogP contribution in [0.4, 0.5) is 5.69 Å². The van der Waals surface area contributed by atoms with Gasteiger partial charge in [-0.1, -0.05) is 18.2 Å². The number of carboxylic acids is 1. The number of carboxylic acid groups (broad SMARTS) is 1. The normalized spacial score (nSPS) is 10.1. The molecule has 0 spiro atoms. The lowest BCUT2D eigenvalue weighted by molar-refractivity contribution is -0.136. The molecule has 0 saturated heterocycles. The third-order valence-corrected chi connectivity index (χ3v) is 3.05. The summed E-state index contributed by atoms with van der Waals surface area (Å²) in [4.78, 5) is 24.2. The van der Waals surface area contributed by atoms with Gasteiger partial charge in [-0.25, -0.2) is 0 Å². The number of aliphatic carboxylic acids is 1. The third-order valence-electron chi connectivity index (χ3n) is 2.44. The fourth-order valence-electron chi connectivity index (χ4n) is 1.54. The number of carbonyl (C=O) groups is 2. The maximum Gasteiger partial charge on any atom is 0.305 e. The maximum atomic E-state index is 12.0. The number of nitrogens with zero attached hydrogens (tertiary/aromatic N) is 1. The average molecular weight is 267 g/mol. The zero-order valence-corrected chi connectivity index (χ0v) is 11.2. The standard InChI is InChI=1S/C13H17NO3S/c1-18-10-8-12(15)14(9-7-13(16)17)11-5-3-2-4-6-11/h2-6H,7-10H2,1H3,(H,16,17). The van der Waals surface area contributed by atoms with Crippen LogP contribution < -0.4 is 4.90 Å². The van der Waals surface area contributed by atoms with Gasteiger partial charge in [0.1, 0.15) is 0 Å². The largest absolute Gasteiger partial charge is 0.481 e. The molecule has 0 aliphatic carbocycles. The second-order valence-electron chi connectivity index (χ2n) is 3.77. The number of hydrogen-bond donors (Lipinski definition) is 1. The Morgan fingerprint density at radius 1 is 1.22 bits per heavy atom. The summed E-state index contributed by atoms with van der Waals surface area (Å²) < 4.78 is 0. The first-order valence-corrected chi connectivity index (χ1v) is 7.10. The number of para-hydroxylation sites is 1. The number of hydrogen-bond acceptors (Lipinski definition) is 3. The molecule has 0 aliphatic rings. The van der Waals surface area contributed by atoms with Gasteiger partial charge in [-0.3, -0.25) is 9.59 Å². The quantitative estimate of drug-likeness (QED) is 0.823. The van der Waals surface area contributed by atoms with Gasteiger partial charge in [-0.2, -0.15) is 11.8 Å². The molecule has 1 aromatic carbocycles. The number of anilines is 1. The van der Waals surface area contributed by atoms with Gasteiger partial charge in [0.2, 0.25) is 5.91 Å². The Hall–Kier alpha value is -1.49. The van der Waals surface area contributed by atoms with Crippen LogP contribution in [0.5, 0.6) is 0 Å². The molecule has 4 nitrogen and oxygen atoms in total. The van der Waals surface area contributed by atoms with E-state index in [-0.39, 0.29) is 18.9 Å². The molecule has 1 aromatic rings. The lowest BCUT2D eigenvalue weighted by Crippen LogP contribution is -2.33. The van der Waals surface area contributed by atoms with Gasteiger partial charge in [0, 0.05) is 24.4 Å². The van der Waals surface area contributed by atoms with Gasteiger partial charge < -0.3 is 10.0 Å². The molecule has 0 radical (unpaired) electrons. The van der Waals surface area contributed by atoms with Crippen molar-refractivity contribution in [2.75, 3.05) is 23.5 Å². The van der Waals surface area contributed by atoms with Crippen LogP contribution in [0, 0.1) is 0 Å². The van der Waals surface area contributed by atoms with E-state index in [1.165, 1.54) is 0 Å². The van der Waals surface area contributed by atoms with Gasteiger partial charge in [0.15, 0.2) is 0 Å². The van der Waals surface area contributed by atoms with Crippen LogP contribution in [0.2, 0.25) is 0 Å². The predicted molar refractivity (Wildman–Crippen MR) is 74.0 cm³/mol. The molecule has 1 N–H and O–H groups in total. The molecule has 0 atom stereocenters. The highest BCUT2D eigenvalue weighted by Crippen LogP contribution is 2.15. The smallest absolute Gasteiger partial charge is 0.305 e. The molecule has 0 fully saturated rings. The first kappa shape index (κ1) is 14.6. The van der Waals surface area contributed by atoms with Crippen LogP contribution >= 0.6 is 11.8 Å². The molecular formula is C13H17NO3S. The van der Waals surface area contributed by atoms with Crippen molar-refractivity contribution < 1.29 is 14.7 Å². The SMILES string of the molecule is CSCCC(=O)N(CCC(=O)O)c1ccccc1. The Balaban J connectivity index is 2.74. The second-order valence-corrected chi connectivity index (χ2v) is 4.75. The lowest BCUT2D eigenvalue weighted by atomic mass is 10.2. The molecule has 1 rings (SSSR count). The summed E-state index contributed by atoms with van der Waals surface area (Å²) in [5.74, 6) is -0.180. The predicted octanol–water partition coefficient (Wildman–Crippen LogP) is 2.25. The van der Waals surface area contributed by atoms with E-state index in [9.17, 15) is 9.59 Å². The number of rotatable bonds is 7. The van der Waals surface area contributed by atoms with E-state index < -0.39 is 5.97 Å². The molecule has 5 heteroatoms. The third kappa shape index (κ3) is 4.79. The van der Waals surface area contributed by atoms with Crippen LogP contribution in [-0.2, 0) is 9.59 Å². The Bertz CT molecular complexity index is 394. The molecule has 0 bridgehead atoms. The molecule has 0 aromatic heterocycles. The minimum absolute atomic E-state index is 0.0307. The fourth-order valence-corrected chi connectivity index (χ4v) is 1.92. The zero-order chi connectivity index (χ0) is 13.4. The number of amides is 1. The summed E-state index contributed by atoms with van der Waals surface area (Å²) in [6.07, 6.45) is 2.33. The molecule has 1 amide bonds. The number of benzene rings is 1. The van der Waals surface area contributed by atoms with Crippen molar-refractivity contribution in [3.8, 4) is 0 Å². The Kier molecular flexibility index (Phi) is 6.28. The van der Waals surface area contributed by atoms with Gasteiger partial charge in [-0.05, 0) is 18.4 Å². The molecule has 0 saturated carbocycles. The summed E-state index contributed by atoms with van der Waals surface area (Å²) >= 11 is 1.60. The molecular weight excluding hydrogens is 250 g/mol. The molecule has 18 heavy (non-hydrogen) atoms. The van der Waals surface area contributed by atoms with E-state index in [1.54, 1.807) is 16.7 Å². The van der Waals surface area contributed by atoms with Crippen molar-refractivity contribution in [3.63, 3.8) is 0 Å². The first-order chi connectivity index (χ1) is 8.65. The van der Waals surface area contributed by atoms with E-state index >= 15 is 0 Å². The van der Waals surface area contributed by atoms with E-state index in [4.69, 9.17) is 5.11 Å². The van der Waals surface area contributed by atoms with E-state index in [2.05, 4.69) is 0 Å². The van der Waals surface area contributed by atoms with Crippen LogP contribution in [0.25, 0.3) is 0 Å². The second kappa shape index (κ2) is 7.76. The highest BCUT2D eigenvalue weighted by molar-refractivity contribution is 7.98. The summed E-state index contributed by atoms with van der Waals surface area (Å²) in [7, 11) is 0. The van der Waals surface area contributed by atoms with Gasteiger partial charge in [-0.15, -0.1) is 0 Å². The monoisotopic (exact) mass is 267 g/mol. The fraction of sp³-hybridized carbons (Fsp3) is 0.385. The van der Waals surface area contributed by atoms with Crippen molar-refractivity contribution in [3.05, 3.63) is 30.3 Å². The molecule has 0 heterocycles. The van der Waals surface area contributed by atoms with Crippen molar-refractivity contribution in [1.29, 1.82) is 0 Å². The van der Waals surface area contributed by atoms with Gasteiger partial charge in [0.05, 0.1) is 6.42 Å². The first-order valence-electron chi connectivity index (χ1n) is 5.71. The number of carbonyl (C=O) groups excluding carboxylic acids is 1. The zero-order valence-electron chi connectivity index (χ0n) is 10.3. The maximum absolute atomic E-state index is 12.0. The molecule has 0 unspecified atom stereocenters. The van der Waals surface area contributed by atoms with Crippen LogP contribution in [0.15, 0.2) is 30.3 Å². The van der Waals surface area contributed by atoms with Gasteiger partial charge >= 0.3 is 5.97 Å². The summed E-state index contributed by atoms with van der Waals surface area (Å²) in [5.41, 5.74) is 0.754. The van der Waals surface area contributed by atoms with E-state index in [0.29, 0.717) is 6.42 Å². The topological polar surface area (TPSA) is 57.6 Å². The van der Waals surface area contributed by atoms with E-state index in [1.807, 2.05) is 36.6 Å². The Morgan fingerprint density at radius 2 is 1.89 bits per heavy atom. The minimum Gasteiger partial charge on any atom is -0.481 e. The molecule has 0 aliphatic heterocycles. The molecule has 98 valence electrons. The van der Waals surface area contributed by atoms with E-state index in [0.717, 1.165) is 11.4 Å². The lowest BCUT2D eigenvalue weighted by Gasteiger charge is -2.22. The Labute approximate surface area is 111 Å². The van der Waals surface area contributed by atoms with Crippen molar-refractivity contribution >= 4 is 29.3 Å². The Morgan fingerprint density at radius 3 is 2.44 bits per heavy atom. The van der Waals surface area contributed by atoms with Crippen LogP contribution in [0.3, 0.4) is 0 Å². The summed E-state index contributed by atoms with van der Waals surface area (Å²) in [5, 5.41) is 8.73. The van der Waals surface area contributed by atoms with Gasteiger partial charge in [0.25, 0.3) is 0 Å². The summed E-state index contributed by atoms with van der Waals surface area (Å²) in [6, 6.07) is 9.18. The van der Waals surface area contributed by atoms with Crippen LogP contribution in [-0.4, -0.2) is 35.5 Å². The highest BCUT2D eigenvalue weighted by Gasteiger charge is 2.15. The van der Waals surface area contributed by atoms with Crippen molar-refractivity contribution in [1.82, 2.24) is 0 Å². The van der Waals surface area contributed by atoms with Crippen LogP contribution in [0.1, 0.15) is 12.8 Å². The van der Waals surface area contributed by atoms with Crippen molar-refractivity contribution in [2.24, 2.45) is 0 Å². The highest BCUT2D eigenvalue weighted by atomic mass is 32.2.